The maximum atomic E-state index is 13.7. The van der Waals surface area contributed by atoms with E-state index in [1.165, 1.54) is 6.07 Å². The highest BCUT2D eigenvalue weighted by molar-refractivity contribution is 9.10. The summed E-state index contributed by atoms with van der Waals surface area (Å²) in [5.74, 6) is 0.163. The van der Waals surface area contributed by atoms with Crippen LogP contribution in [0.5, 0.6) is 5.75 Å². The van der Waals surface area contributed by atoms with Crippen molar-refractivity contribution in [2.24, 2.45) is 0 Å². The predicted molar refractivity (Wildman–Crippen MR) is 84.4 cm³/mol. The first-order valence-corrected chi connectivity index (χ1v) is 7.59. The minimum atomic E-state index is -0.370. The number of carbonyl (C=O) groups is 1. The molecule has 0 atom stereocenters. The van der Waals surface area contributed by atoms with Crippen LogP contribution < -0.4 is 4.74 Å². The van der Waals surface area contributed by atoms with Gasteiger partial charge in [0, 0.05) is 16.5 Å². The summed E-state index contributed by atoms with van der Waals surface area (Å²) in [7, 11) is 0. The van der Waals surface area contributed by atoms with Gasteiger partial charge in [-0.3, -0.25) is 4.79 Å². The van der Waals surface area contributed by atoms with Crippen LogP contribution in [-0.2, 0) is 6.42 Å². The topological polar surface area (TPSA) is 26.3 Å². The lowest BCUT2D eigenvalue weighted by atomic mass is 10.0. The van der Waals surface area contributed by atoms with Crippen molar-refractivity contribution in [1.29, 1.82) is 0 Å². The Kier molecular flexibility index (Phi) is 5.51. The van der Waals surface area contributed by atoms with E-state index >= 15 is 0 Å². The molecule has 110 valence electrons. The Morgan fingerprint density at radius 1 is 1.24 bits per heavy atom. The molecule has 2 aromatic carbocycles. The summed E-state index contributed by atoms with van der Waals surface area (Å²) in [6, 6.07) is 11.6. The smallest absolute Gasteiger partial charge is 0.167 e. The summed E-state index contributed by atoms with van der Waals surface area (Å²) in [4.78, 5) is 12.3. The highest BCUT2D eigenvalue weighted by Crippen LogP contribution is 2.19. The van der Waals surface area contributed by atoms with Gasteiger partial charge in [0.15, 0.2) is 5.78 Å². The van der Waals surface area contributed by atoms with Gasteiger partial charge in [0.1, 0.15) is 11.6 Å². The second kappa shape index (κ2) is 7.36. The molecule has 0 saturated heterocycles. The minimum Gasteiger partial charge on any atom is -0.494 e. The molecule has 0 fully saturated rings. The van der Waals surface area contributed by atoms with E-state index in [0.29, 0.717) is 23.5 Å². The first kappa shape index (κ1) is 15.7. The lowest BCUT2D eigenvalue weighted by Crippen LogP contribution is -2.06. The van der Waals surface area contributed by atoms with Crippen LogP contribution in [0.15, 0.2) is 46.9 Å². The van der Waals surface area contributed by atoms with Crippen LogP contribution in [0.4, 0.5) is 4.39 Å². The van der Waals surface area contributed by atoms with E-state index in [1.54, 1.807) is 30.3 Å². The van der Waals surface area contributed by atoms with E-state index < -0.39 is 0 Å². The standard InChI is InChI=1S/C17H16BrFO2/c1-2-8-21-15-5-3-4-12(10-15)17(20)11-13-9-14(18)6-7-16(13)19/h3-7,9-10H,2,8,11H2,1H3. The first-order valence-electron chi connectivity index (χ1n) is 6.80. The zero-order valence-electron chi connectivity index (χ0n) is 11.7. The van der Waals surface area contributed by atoms with E-state index in [4.69, 9.17) is 4.74 Å². The fourth-order valence-corrected chi connectivity index (χ4v) is 2.34. The Morgan fingerprint density at radius 2 is 2.05 bits per heavy atom. The van der Waals surface area contributed by atoms with Crippen LogP contribution in [0.2, 0.25) is 0 Å². The number of rotatable bonds is 6. The summed E-state index contributed by atoms with van der Waals surface area (Å²) in [6.07, 6.45) is 0.934. The number of ketones is 1. The molecule has 0 saturated carbocycles. The van der Waals surface area contributed by atoms with Crippen molar-refractivity contribution < 1.29 is 13.9 Å². The third kappa shape index (κ3) is 4.39. The molecule has 0 bridgehead atoms. The molecule has 0 spiro atoms. The van der Waals surface area contributed by atoms with Crippen molar-refractivity contribution >= 4 is 21.7 Å². The van der Waals surface area contributed by atoms with E-state index in [1.807, 2.05) is 13.0 Å². The molecule has 0 aromatic heterocycles. The second-order valence-electron chi connectivity index (χ2n) is 4.71. The molecule has 0 amide bonds. The van der Waals surface area contributed by atoms with Gasteiger partial charge < -0.3 is 4.74 Å². The SMILES string of the molecule is CCCOc1cccc(C(=O)Cc2cc(Br)ccc2F)c1. The Labute approximate surface area is 132 Å². The molecular formula is C17H16BrFO2. The van der Waals surface area contributed by atoms with Crippen LogP contribution in [0.1, 0.15) is 29.3 Å². The van der Waals surface area contributed by atoms with Crippen molar-refractivity contribution in [3.05, 3.63) is 63.9 Å². The molecule has 0 radical (unpaired) electrons. The third-order valence-corrected chi connectivity index (χ3v) is 3.48. The van der Waals surface area contributed by atoms with Crippen molar-refractivity contribution in [1.82, 2.24) is 0 Å². The number of hydrogen-bond donors (Lipinski definition) is 0. The van der Waals surface area contributed by atoms with E-state index in [2.05, 4.69) is 15.9 Å². The van der Waals surface area contributed by atoms with Crippen molar-refractivity contribution in [3.8, 4) is 5.75 Å². The Balaban J connectivity index is 2.14. The van der Waals surface area contributed by atoms with Crippen LogP contribution in [0.3, 0.4) is 0 Å². The molecule has 2 rings (SSSR count). The van der Waals surface area contributed by atoms with Crippen molar-refractivity contribution in [2.45, 2.75) is 19.8 Å². The van der Waals surface area contributed by atoms with Gasteiger partial charge in [0.2, 0.25) is 0 Å². The van der Waals surface area contributed by atoms with E-state index in [9.17, 15) is 9.18 Å². The van der Waals surface area contributed by atoms with Gasteiger partial charge in [0.05, 0.1) is 6.61 Å². The van der Waals surface area contributed by atoms with Gasteiger partial charge in [-0.15, -0.1) is 0 Å². The fraction of sp³-hybridized carbons (Fsp3) is 0.235. The number of benzene rings is 2. The zero-order chi connectivity index (χ0) is 15.2. The summed E-state index contributed by atoms with van der Waals surface area (Å²) in [5.41, 5.74) is 0.914. The Morgan fingerprint density at radius 3 is 2.81 bits per heavy atom. The number of halogens is 2. The Bertz CT molecular complexity index is 640. The summed E-state index contributed by atoms with van der Waals surface area (Å²) in [5, 5.41) is 0. The highest BCUT2D eigenvalue weighted by Gasteiger charge is 2.12. The lowest BCUT2D eigenvalue weighted by molar-refractivity contribution is 0.0991. The number of Topliss-reactive ketones (excluding diaryl/α,β-unsaturated/α-hetero) is 1. The van der Waals surface area contributed by atoms with Gasteiger partial charge in [-0.05, 0) is 42.3 Å². The van der Waals surface area contributed by atoms with Crippen LogP contribution in [0, 0.1) is 5.82 Å². The summed E-state index contributed by atoms with van der Waals surface area (Å²) in [6.45, 7) is 2.63. The Hall–Kier alpha value is -1.68. The molecule has 4 heteroatoms. The van der Waals surface area contributed by atoms with E-state index in [0.717, 1.165) is 10.9 Å². The monoisotopic (exact) mass is 350 g/mol. The van der Waals surface area contributed by atoms with Gasteiger partial charge >= 0.3 is 0 Å². The number of carbonyl (C=O) groups excluding carboxylic acids is 1. The molecule has 0 aliphatic carbocycles. The second-order valence-corrected chi connectivity index (χ2v) is 5.63. The van der Waals surface area contributed by atoms with Gasteiger partial charge in [-0.1, -0.05) is 35.0 Å². The van der Waals surface area contributed by atoms with Crippen LogP contribution >= 0.6 is 15.9 Å². The molecule has 21 heavy (non-hydrogen) atoms. The quantitative estimate of drug-likeness (QED) is 0.699. The lowest BCUT2D eigenvalue weighted by Gasteiger charge is -2.07. The summed E-state index contributed by atoms with van der Waals surface area (Å²) >= 11 is 3.28. The molecule has 2 nitrogen and oxygen atoms in total. The summed E-state index contributed by atoms with van der Waals surface area (Å²) < 4.78 is 20.0. The average molecular weight is 351 g/mol. The van der Waals surface area contributed by atoms with Crippen LogP contribution in [0.25, 0.3) is 0 Å². The molecule has 0 N–H and O–H groups in total. The zero-order valence-corrected chi connectivity index (χ0v) is 13.3. The molecule has 2 aromatic rings. The van der Waals surface area contributed by atoms with Gasteiger partial charge in [0.25, 0.3) is 0 Å². The van der Waals surface area contributed by atoms with Gasteiger partial charge in [-0.25, -0.2) is 4.39 Å². The number of hydrogen-bond acceptors (Lipinski definition) is 2. The predicted octanol–water partition coefficient (Wildman–Crippen LogP) is 4.80. The molecule has 0 unspecified atom stereocenters. The molecular weight excluding hydrogens is 335 g/mol. The first-order chi connectivity index (χ1) is 10.1. The average Bonchev–Trinajstić information content (AvgIpc) is 2.49. The van der Waals surface area contributed by atoms with Crippen molar-refractivity contribution in [2.75, 3.05) is 6.61 Å². The molecule has 0 aliphatic heterocycles. The number of ether oxygens (including phenoxy) is 1. The maximum Gasteiger partial charge on any atom is 0.167 e. The molecule has 0 heterocycles. The third-order valence-electron chi connectivity index (χ3n) is 2.99. The normalized spacial score (nSPS) is 10.4. The minimum absolute atomic E-state index is 0.0303. The van der Waals surface area contributed by atoms with Crippen molar-refractivity contribution in [3.63, 3.8) is 0 Å². The largest absolute Gasteiger partial charge is 0.494 e. The highest BCUT2D eigenvalue weighted by atomic mass is 79.9. The fourth-order valence-electron chi connectivity index (χ4n) is 1.93. The van der Waals surface area contributed by atoms with E-state index in [-0.39, 0.29) is 18.0 Å². The van der Waals surface area contributed by atoms with Gasteiger partial charge in [-0.2, -0.15) is 0 Å². The maximum absolute atomic E-state index is 13.7. The van der Waals surface area contributed by atoms with Crippen LogP contribution in [-0.4, -0.2) is 12.4 Å². The molecule has 0 aliphatic rings.